The highest BCUT2D eigenvalue weighted by molar-refractivity contribution is 5.89. The van der Waals surface area contributed by atoms with Crippen LogP contribution >= 0.6 is 0 Å². The number of nitrogens with zero attached hydrogens (tertiary/aromatic N) is 1. The smallest absolute Gasteiger partial charge is 0.239 e. The van der Waals surface area contributed by atoms with Gasteiger partial charge in [-0.3, -0.25) is 19.2 Å². The molecule has 0 aromatic carbocycles. The molecule has 0 fully saturated rings. The number of amides is 4. The first-order valence-electron chi connectivity index (χ1n) is 11.2. The topological polar surface area (TPSA) is 174 Å². The van der Waals surface area contributed by atoms with Crippen molar-refractivity contribution in [2.75, 3.05) is 39.3 Å². The predicted octanol–water partition coefficient (Wildman–Crippen LogP) is -0.547. The summed E-state index contributed by atoms with van der Waals surface area (Å²) in [6, 6.07) is 0. The van der Waals surface area contributed by atoms with Crippen molar-refractivity contribution in [2.24, 2.45) is 29.0 Å². The number of primary amides is 1. The zero-order valence-corrected chi connectivity index (χ0v) is 19.2. The van der Waals surface area contributed by atoms with Gasteiger partial charge in [-0.25, -0.2) is 0 Å². The monoisotopic (exact) mass is 442 g/mol. The Hall–Kier alpha value is -2.20. The van der Waals surface area contributed by atoms with Crippen molar-refractivity contribution in [3.8, 4) is 0 Å². The third kappa shape index (κ3) is 15.3. The second-order valence-corrected chi connectivity index (χ2v) is 8.12. The van der Waals surface area contributed by atoms with Gasteiger partial charge in [0, 0.05) is 32.0 Å². The molecule has 0 bridgehead atoms. The molecule has 4 amide bonds. The van der Waals surface area contributed by atoms with Gasteiger partial charge in [0.05, 0.1) is 0 Å². The average molecular weight is 443 g/mol. The Labute approximate surface area is 186 Å². The van der Waals surface area contributed by atoms with Gasteiger partial charge in [0.15, 0.2) is 0 Å². The molecule has 2 unspecified atom stereocenters. The van der Waals surface area contributed by atoms with E-state index in [0.29, 0.717) is 38.4 Å². The molecule has 31 heavy (non-hydrogen) atoms. The predicted molar refractivity (Wildman–Crippen MR) is 121 cm³/mol. The molecule has 0 aromatic heterocycles. The molecular formula is C21H42N6O4. The highest BCUT2D eigenvalue weighted by atomic mass is 16.2. The molecule has 0 heterocycles. The number of rotatable bonds is 18. The largest absolute Gasteiger partial charge is 0.369 e. The Morgan fingerprint density at radius 3 is 1.81 bits per heavy atom. The summed E-state index contributed by atoms with van der Waals surface area (Å²) in [5, 5.41) is 5.53. The van der Waals surface area contributed by atoms with Crippen molar-refractivity contribution in [3.05, 3.63) is 0 Å². The van der Waals surface area contributed by atoms with E-state index < -0.39 is 0 Å². The molecule has 8 N–H and O–H groups in total. The van der Waals surface area contributed by atoms with E-state index in [2.05, 4.69) is 17.6 Å². The molecule has 2 atom stereocenters. The highest BCUT2D eigenvalue weighted by Crippen LogP contribution is 2.06. The number of unbranched alkanes of at least 4 members (excludes halogenated alkanes) is 2. The van der Waals surface area contributed by atoms with Crippen LogP contribution in [0.1, 0.15) is 58.8 Å². The number of nitrogens with one attached hydrogen (secondary N) is 2. The zero-order valence-electron chi connectivity index (χ0n) is 19.2. The third-order valence-corrected chi connectivity index (χ3v) is 5.10. The number of hydrogen-bond donors (Lipinski definition) is 5. The van der Waals surface area contributed by atoms with Crippen molar-refractivity contribution in [3.63, 3.8) is 0 Å². The number of hydrogen-bond acceptors (Lipinski definition) is 6. The first-order valence-corrected chi connectivity index (χ1v) is 11.2. The maximum atomic E-state index is 12.2. The summed E-state index contributed by atoms with van der Waals surface area (Å²) in [4.78, 5) is 48.9. The molecule has 0 saturated heterocycles. The lowest BCUT2D eigenvalue weighted by atomic mass is 10.0. The Morgan fingerprint density at radius 1 is 0.839 bits per heavy atom. The lowest BCUT2D eigenvalue weighted by molar-refractivity contribution is -0.139. The molecule has 10 heteroatoms. The standard InChI is InChI=1S/C21H42N6O4/c1-16(13-23)7-3-5-11-25-18(28)14-27(20(30)9-10-22)15-19(29)26-12-6-4-8-17(2)21(24)31/h16-17H,3-15,22-23H2,1-2H3,(H2,24,31)(H,25,28)(H,26,29). The van der Waals surface area contributed by atoms with Crippen LogP contribution in [-0.2, 0) is 19.2 Å². The second kappa shape index (κ2) is 17.5. The van der Waals surface area contributed by atoms with Gasteiger partial charge in [-0.15, -0.1) is 0 Å². The van der Waals surface area contributed by atoms with E-state index in [-0.39, 0.29) is 55.6 Å². The van der Waals surface area contributed by atoms with Crippen LogP contribution in [0.2, 0.25) is 0 Å². The van der Waals surface area contributed by atoms with Gasteiger partial charge in [-0.05, 0) is 38.1 Å². The second-order valence-electron chi connectivity index (χ2n) is 8.12. The van der Waals surface area contributed by atoms with Gasteiger partial charge in [-0.1, -0.05) is 26.7 Å². The maximum Gasteiger partial charge on any atom is 0.239 e. The first-order chi connectivity index (χ1) is 14.7. The Balaban J connectivity index is 4.31. The summed E-state index contributed by atoms with van der Waals surface area (Å²) in [5.41, 5.74) is 16.2. The molecule has 0 rings (SSSR count). The SMILES string of the molecule is CC(CN)CCCCNC(=O)CN(CC(=O)NCCCCC(C)C(N)=O)C(=O)CCN. The fraction of sp³-hybridized carbons (Fsp3) is 0.810. The van der Waals surface area contributed by atoms with Crippen LogP contribution in [0.15, 0.2) is 0 Å². The molecule has 0 aromatic rings. The quantitative estimate of drug-likeness (QED) is 0.178. The van der Waals surface area contributed by atoms with E-state index >= 15 is 0 Å². The van der Waals surface area contributed by atoms with Gasteiger partial charge < -0.3 is 32.7 Å². The molecule has 0 aliphatic heterocycles. The Morgan fingerprint density at radius 2 is 1.35 bits per heavy atom. The summed E-state index contributed by atoms with van der Waals surface area (Å²) in [5.74, 6) is -1.03. The molecule has 0 spiro atoms. The number of carbonyl (C=O) groups is 4. The zero-order chi connectivity index (χ0) is 23.6. The summed E-state index contributed by atoms with van der Waals surface area (Å²) in [6.07, 6.45) is 5.00. The lowest BCUT2D eigenvalue weighted by Crippen LogP contribution is -2.46. The summed E-state index contributed by atoms with van der Waals surface area (Å²) < 4.78 is 0. The van der Waals surface area contributed by atoms with Gasteiger partial charge in [0.25, 0.3) is 0 Å². The van der Waals surface area contributed by atoms with Crippen LogP contribution in [0.3, 0.4) is 0 Å². The van der Waals surface area contributed by atoms with Crippen molar-refractivity contribution in [2.45, 2.75) is 58.8 Å². The molecule has 0 aliphatic carbocycles. The van der Waals surface area contributed by atoms with Crippen molar-refractivity contribution in [1.29, 1.82) is 0 Å². The molecule has 0 aliphatic rings. The minimum atomic E-state index is -0.336. The van der Waals surface area contributed by atoms with Crippen LogP contribution in [0.5, 0.6) is 0 Å². The van der Waals surface area contributed by atoms with Crippen LogP contribution in [-0.4, -0.2) is 67.8 Å². The van der Waals surface area contributed by atoms with Crippen LogP contribution < -0.4 is 27.8 Å². The van der Waals surface area contributed by atoms with Gasteiger partial charge in [0.2, 0.25) is 23.6 Å². The van der Waals surface area contributed by atoms with E-state index in [1.807, 2.05) is 0 Å². The molecular weight excluding hydrogens is 400 g/mol. The lowest BCUT2D eigenvalue weighted by Gasteiger charge is -2.21. The van der Waals surface area contributed by atoms with E-state index in [0.717, 1.165) is 25.7 Å². The van der Waals surface area contributed by atoms with Gasteiger partial charge >= 0.3 is 0 Å². The van der Waals surface area contributed by atoms with E-state index in [4.69, 9.17) is 17.2 Å². The van der Waals surface area contributed by atoms with E-state index in [1.54, 1.807) is 6.92 Å². The van der Waals surface area contributed by atoms with Crippen molar-refractivity contribution in [1.82, 2.24) is 15.5 Å². The summed E-state index contributed by atoms with van der Waals surface area (Å²) >= 11 is 0. The van der Waals surface area contributed by atoms with Crippen molar-refractivity contribution < 1.29 is 19.2 Å². The fourth-order valence-electron chi connectivity index (χ4n) is 2.88. The normalized spacial score (nSPS) is 12.6. The molecule has 180 valence electrons. The van der Waals surface area contributed by atoms with E-state index in [1.165, 1.54) is 4.90 Å². The van der Waals surface area contributed by atoms with Crippen LogP contribution in [0, 0.1) is 11.8 Å². The Kier molecular flexibility index (Phi) is 16.2. The minimum Gasteiger partial charge on any atom is -0.369 e. The first kappa shape index (κ1) is 28.8. The molecule has 0 radical (unpaired) electrons. The summed E-state index contributed by atoms with van der Waals surface area (Å²) in [7, 11) is 0. The van der Waals surface area contributed by atoms with Crippen LogP contribution in [0.4, 0.5) is 0 Å². The molecule has 0 saturated carbocycles. The minimum absolute atomic E-state index is 0.0720. The number of nitrogens with two attached hydrogens (primary N) is 3. The van der Waals surface area contributed by atoms with Gasteiger partial charge in [-0.2, -0.15) is 0 Å². The Bertz CT molecular complexity index is 558. The van der Waals surface area contributed by atoms with Crippen molar-refractivity contribution >= 4 is 23.6 Å². The molecule has 10 nitrogen and oxygen atoms in total. The average Bonchev–Trinajstić information content (AvgIpc) is 2.72. The van der Waals surface area contributed by atoms with Crippen LogP contribution in [0.25, 0.3) is 0 Å². The maximum absolute atomic E-state index is 12.2. The fourth-order valence-corrected chi connectivity index (χ4v) is 2.88. The third-order valence-electron chi connectivity index (χ3n) is 5.10. The number of carbonyl (C=O) groups excluding carboxylic acids is 4. The highest BCUT2D eigenvalue weighted by Gasteiger charge is 2.19. The summed E-state index contributed by atoms with van der Waals surface area (Å²) in [6.45, 7) is 5.23. The van der Waals surface area contributed by atoms with Gasteiger partial charge in [0.1, 0.15) is 13.1 Å². The van der Waals surface area contributed by atoms with E-state index in [9.17, 15) is 19.2 Å².